The number of hydrogen-bond donors (Lipinski definition) is 9. The molecule has 0 aliphatic carbocycles. The molecule has 0 amide bonds. The number of aliphatic hydroxyl groups excluding tert-OH is 8. The van der Waals surface area contributed by atoms with Crippen molar-refractivity contribution in [3.8, 4) is 45.6 Å². The molecule has 19 nitrogen and oxygen atoms in total. The van der Waals surface area contributed by atoms with Crippen LogP contribution < -0.4 is 29.3 Å². The number of aliphatic hydroxyl groups is 8. The topological polar surface area (TPSA) is 281 Å². The van der Waals surface area contributed by atoms with Crippen molar-refractivity contribution in [1.82, 2.24) is 4.40 Å². The van der Waals surface area contributed by atoms with Gasteiger partial charge in [0.1, 0.15) is 59.9 Å². The fraction of sp³-hybridized carbons (Fsp3) is 0.375. The smallest absolute Gasteiger partial charge is 0.361 e. The molecule has 19 heteroatoms. The molecule has 9 N–H and O–H groups in total. The number of rotatable bonds is 10. The Hall–Kier alpha value is -5.45. The fourth-order valence-corrected chi connectivity index (χ4v) is 7.71. The Bertz CT molecular complexity index is 2600. The van der Waals surface area contributed by atoms with Gasteiger partial charge in [0.15, 0.2) is 34.5 Å². The molecule has 314 valence electrons. The number of aromatic hydroxyl groups is 1. The summed E-state index contributed by atoms with van der Waals surface area (Å²) < 4.78 is 47.4. The van der Waals surface area contributed by atoms with Crippen LogP contribution in [-0.2, 0) is 9.47 Å². The predicted molar refractivity (Wildman–Crippen MR) is 204 cm³/mol. The van der Waals surface area contributed by atoms with Gasteiger partial charge in [-0.2, -0.15) is 0 Å². The summed E-state index contributed by atoms with van der Waals surface area (Å²) in [6.45, 7) is -1.35. The molecule has 0 bridgehead atoms. The Morgan fingerprint density at radius 2 is 1.19 bits per heavy atom. The second kappa shape index (κ2) is 15.6. The molecular formula is C40H41NO18. The van der Waals surface area contributed by atoms with E-state index in [9.17, 15) is 50.8 Å². The van der Waals surface area contributed by atoms with Crippen LogP contribution in [0.2, 0.25) is 0 Å². The first-order chi connectivity index (χ1) is 28.3. The molecule has 2 aliphatic rings. The first kappa shape index (κ1) is 40.3. The van der Waals surface area contributed by atoms with E-state index in [1.807, 2.05) is 0 Å². The second-order valence-corrected chi connectivity index (χ2v) is 14.1. The molecule has 6 aromatic rings. The molecule has 2 aliphatic heterocycles. The highest BCUT2D eigenvalue weighted by atomic mass is 16.7. The van der Waals surface area contributed by atoms with Crippen molar-refractivity contribution in [2.75, 3.05) is 34.5 Å². The molecule has 59 heavy (non-hydrogen) atoms. The minimum Gasteiger partial charge on any atom is -0.504 e. The maximum Gasteiger partial charge on any atom is 0.361 e. The average Bonchev–Trinajstić information content (AvgIpc) is 3.60. The molecule has 8 rings (SSSR count). The summed E-state index contributed by atoms with van der Waals surface area (Å²) in [6, 6.07) is 12.4. The van der Waals surface area contributed by atoms with Crippen LogP contribution in [0.4, 0.5) is 0 Å². The maximum atomic E-state index is 14.1. The summed E-state index contributed by atoms with van der Waals surface area (Å²) in [4.78, 5) is 14.1. The predicted octanol–water partition coefficient (Wildman–Crippen LogP) is 0.108. The SMILES string of the molecule is COc1cc(-c2c3c4cc(OC)c(O[C@@H]5O[C@H](CO)[C@@H](O)[C@H](O)[C@H]5O)cc4oc(=O)c3n3ccc4cc(O[C@@H]5O[C@H](CO)[C@@H](O)[C@H](O)[C@H]5O)c(OC)cc4c23)ccc1O. The van der Waals surface area contributed by atoms with E-state index >= 15 is 0 Å². The summed E-state index contributed by atoms with van der Waals surface area (Å²) in [5.41, 5.74) is 0.745. The number of fused-ring (bicyclic) bond motifs is 7. The van der Waals surface area contributed by atoms with Gasteiger partial charge in [0.25, 0.3) is 0 Å². The molecule has 3 aromatic carbocycles. The number of aromatic nitrogens is 1. The molecule has 0 unspecified atom stereocenters. The zero-order valence-electron chi connectivity index (χ0n) is 31.5. The van der Waals surface area contributed by atoms with Gasteiger partial charge < -0.3 is 87.9 Å². The van der Waals surface area contributed by atoms with Crippen LogP contribution in [0.15, 0.2) is 63.9 Å². The van der Waals surface area contributed by atoms with E-state index < -0.39 is 80.3 Å². The molecule has 10 atom stereocenters. The Morgan fingerprint density at radius 3 is 1.75 bits per heavy atom. The first-order valence-corrected chi connectivity index (χ1v) is 18.3. The van der Waals surface area contributed by atoms with Gasteiger partial charge in [0, 0.05) is 34.0 Å². The fourth-order valence-electron chi connectivity index (χ4n) is 7.71. The molecule has 0 spiro atoms. The number of methoxy groups -OCH3 is 3. The number of nitrogens with zero attached hydrogens (tertiary/aromatic N) is 1. The molecular weight excluding hydrogens is 782 g/mol. The Balaban J connectivity index is 1.35. The zero-order valence-corrected chi connectivity index (χ0v) is 31.5. The zero-order chi connectivity index (χ0) is 42.0. The maximum absolute atomic E-state index is 14.1. The minimum absolute atomic E-state index is 0.00268. The van der Waals surface area contributed by atoms with E-state index in [1.54, 1.807) is 40.9 Å². The lowest BCUT2D eigenvalue weighted by atomic mass is 9.97. The third-order valence-corrected chi connectivity index (χ3v) is 10.8. The molecule has 2 fully saturated rings. The standard InChI is InChI=1S/C40H41NO18/c1-52-21-9-16(4-5-19(21)44)28-29-18-11-23(54-3)25(57-40-37(50)35(48)33(46)27(14-43)59-40)12-20(18)55-38(51)31(29)41-7-6-15-8-24(22(53-2)10-17(15)30(28)41)56-39-36(49)34(47)32(45)26(13-42)58-39/h4-12,26-27,32-37,39-40,42-50H,13-14H2,1-3H3/t26-,27-,32-,33-,34+,35+,36-,37-,39-,40-/m1/s1. The molecule has 2 saturated heterocycles. The van der Waals surface area contributed by atoms with Gasteiger partial charge in [-0.3, -0.25) is 0 Å². The number of phenolic OH excluding ortho intramolecular Hbond substituents is 1. The monoisotopic (exact) mass is 823 g/mol. The normalized spacial score (nSPS) is 27.4. The lowest BCUT2D eigenvalue weighted by molar-refractivity contribution is -0.277. The Morgan fingerprint density at radius 1 is 0.627 bits per heavy atom. The average molecular weight is 824 g/mol. The highest BCUT2D eigenvalue weighted by Crippen LogP contribution is 2.47. The molecule has 0 saturated carbocycles. The van der Waals surface area contributed by atoms with Crippen LogP contribution in [0.1, 0.15) is 0 Å². The van der Waals surface area contributed by atoms with Gasteiger partial charge >= 0.3 is 5.63 Å². The summed E-state index contributed by atoms with van der Waals surface area (Å²) in [5.74, 6) is 0.186. The van der Waals surface area contributed by atoms with Gasteiger partial charge in [-0.25, -0.2) is 4.79 Å². The summed E-state index contributed by atoms with van der Waals surface area (Å²) in [5, 5.41) is 94.4. The Labute approximate surface area is 332 Å². The van der Waals surface area contributed by atoms with Gasteiger partial charge in [0.2, 0.25) is 12.6 Å². The third kappa shape index (κ3) is 6.61. The molecule has 5 heterocycles. The van der Waals surface area contributed by atoms with E-state index in [0.29, 0.717) is 38.2 Å². The number of phenols is 1. The van der Waals surface area contributed by atoms with Crippen molar-refractivity contribution in [3.63, 3.8) is 0 Å². The van der Waals surface area contributed by atoms with E-state index in [4.69, 9.17) is 37.6 Å². The van der Waals surface area contributed by atoms with Crippen molar-refractivity contribution in [2.45, 2.75) is 61.4 Å². The minimum atomic E-state index is -1.75. The summed E-state index contributed by atoms with van der Waals surface area (Å²) in [7, 11) is 4.11. The number of benzene rings is 3. The van der Waals surface area contributed by atoms with Crippen molar-refractivity contribution in [3.05, 3.63) is 65.1 Å². The largest absolute Gasteiger partial charge is 0.504 e. The third-order valence-electron chi connectivity index (χ3n) is 10.8. The highest BCUT2D eigenvalue weighted by Gasteiger charge is 2.46. The quantitative estimate of drug-likeness (QED) is 0.0829. The van der Waals surface area contributed by atoms with Gasteiger partial charge in [-0.15, -0.1) is 0 Å². The van der Waals surface area contributed by atoms with Crippen molar-refractivity contribution in [1.29, 1.82) is 0 Å². The Kier molecular flexibility index (Phi) is 10.7. The van der Waals surface area contributed by atoms with Crippen LogP contribution in [0.3, 0.4) is 0 Å². The van der Waals surface area contributed by atoms with E-state index in [1.165, 1.54) is 39.5 Å². The van der Waals surface area contributed by atoms with Crippen molar-refractivity contribution in [2.24, 2.45) is 0 Å². The van der Waals surface area contributed by atoms with Crippen LogP contribution in [0.5, 0.6) is 34.5 Å². The number of hydrogen-bond acceptors (Lipinski definition) is 18. The van der Waals surface area contributed by atoms with Crippen LogP contribution >= 0.6 is 0 Å². The lowest BCUT2D eigenvalue weighted by Crippen LogP contribution is -2.60. The van der Waals surface area contributed by atoms with Gasteiger partial charge in [0.05, 0.1) is 40.1 Å². The van der Waals surface area contributed by atoms with Crippen molar-refractivity contribution < 1.29 is 83.5 Å². The molecule has 3 aromatic heterocycles. The highest BCUT2D eigenvalue weighted by molar-refractivity contribution is 6.22. The van der Waals surface area contributed by atoms with Crippen molar-refractivity contribution >= 4 is 38.2 Å². The van der Waals surface area contributed by atoms with E-state index in [2.05, 4.69) is 0 Å². The number of pyridine rings is 1. The van der Waals surface area contributed by atoms with Crippen LogP contribution in [0, 0.1) is 0 Å². The van der Waals surface area contributed by atoms with E-state index in [0.717, 1.165) is 0 Å². The van der Waals surface area contributed by atoms with Crippen LogP contribution in [-0.4, -0.2) is 146 Å². The van der Waals surface area contributed by atoms with E-state index in [-0.39, 0.29) is 45.6 Å². The summed E-state index contributed by atoms with van der Waals surface area (Å²) >= 11 is 0. The van der Waals surface area contributed by atoms with Gasteiger partial charge in [-0.1, -0.05) is 6.07 Å². The van der Waals surface area contributed by atoms with Gasteiger partial charge in [-0.05, 0) is 47.3 Å². The van der Waals surface area contributed by atoms with Crippen LogP contribution in [0.25, 0.3) is 49.3 Å². The molecule has 0 radical (unpaired) electrons. The number of ether oxygens (including phenoxy) is 7. The first-order valence-electron chi connectivity index (χ1n) is 18.3. The summed E-state index contributed by atoms with van der Waals surface area (Å²) in [6.07, 6.45) is -14.0. The second-order valence-electron chi connectivity index (χ2n) is 14.1. The lowest BCUT2D eigenvalue weighted by Gasteiger charge is -2.39.